The minimum atomic E-state index is -0.650. The maximum Gasteiger partial charge on any atom is 0.254 e. The van der Waals surface area contributed by atoms with E-state index in [1.165, 1.54) is 16.9 Å². The third kappa shape index (κ3) is 2.59. The number of nitrogens with zero attached hydrogens (tertiary/aromatic N) is 3. The molecule has 4 rings (SSSR count). The van der Waals surface area contributed by atoms with Crippen LogP contribution in [0.15, 0.2) is 36.7 Å². The van der Waals surface area contributed by atoms with Crippen LogP contribution in [0, 0.1) is 6.92 Å². The lowest BCUT2D eigenvalue weighted by atomic mass is 9.87. The highest BCUT2D eigenvalue weighted by Gasteiger charge is 2.42. The monoisotopic (exact) mass is 341 g/mol. The Morgan fingerprint density at radius 2 is 2.21 bits per heavy atom. The molecule has 1 fully saturated rings. The summed E-state index contributed by atoms with van der Waals surface area (Å²) in [5.41, 5.74) is 1.46. The van der Waals surface area contributed by atoms with Crippen LogP contribution in [0.2, 0.25) is 0 Å². The zero-order chi connectivity index (χ0) is 16.6. The highest BCUT2D eigenvalue weighted by molar-refractivity contribution is 7.22. The highest BCUT2D eigenvalue weighted by atomic mass is 32.1. The fourth-order valence-electron chi connectivity index (χ4n) is 3.22. The average molecular weight is 341 g/mol. The molecule has 1 saturated heterocycles. The molecule has 0 bridgehead atoms. The van der Waals surface area contributed by atoms with E-state index in [1.54, 1.807) is 10.9 Å². The normalized spacial score (nSPS) is 17.0. The molecule has 0 unspecified atom stereocenters. The molecule has 0 aliphatic carbocycles. The first-order valence-corrected chi connectivity index (χ1v) is 8.89. The van der Waals surface area contributed by atoms with E-state index in [-0.39, 0.29) is 5.91 Å². The number of thiazole rings is 1. The van der Waals surface area contributed by atoms with Crippen molar-refractivity contribution in [3.05, 3.63) is 42.2 Å². The zero-order valence-corrected chi connectivity index (χ0v) is 14.3. The number of carbonyl (C=O) groups excluding carboxylic acids is 1. The van der Waals surface area contributed by atoms with E-state index in [0.29, 0.717) is 18.0 Å². The Balaban J connectivity index is 1.65. The Morgan fingerprint density at radius 1 is 1.38 bits per heavy atom. The van der Waals surface area contributed by atoms with Gasteiger partial charge in [0, 0.05) is 12.4 Å². The molecule has 0 radical (unpaired) electrons. The van der Waals surface area contributed by atoms with Crippen molar-refractivity contribution in [1.29, 1.82) is 0 Å². The Hall–Kier alpha value is -2.25. The molecular formula is C17H19N5OS. The maximum atomic E-state index is 13.1. The number of hydrogen-bond acceptors (Lipinski definition) is 5. The molecule has 0 saturated carbocycles. The van der Waals surface area contributed by atoms with Crippen LogP contribution in [0.1, 0.15) is 18.4 Å². The molecule has 6 nitrogen and oxygen atoms in total. The van der Waals surface area contributed by atoms with Gasteiger partial charge in [-0.2, -0.15) is 5.10 Å². The van der Waals surface area contributed by atoms with Crippen LogP contribution < -0.4 is 10.6 Å². The Labute approximate surface area is 143 Å². The fraction of sp³-hybridized carbons (Fsp3) is 0.353. The summed E-state index contributed by atoms with van der Waals surface area (Å²) in [6.07, 6.45) is 5.01. The molecule has 1 aliphatic heterocycles. The number of carbonyl (C=O) groups is 1. The van der Waals surface area contributed by atoms with Crippen molar-refractivity contribution in [2.45, 2.75) is 25.3 Å². The molecule has 3 heterocycles. The molecule has 2 N–H and O–H groups in total. The first-order valence-electron chi connectivity index (χ1n) is 8.07. The molecule has 2 aromatic heterocycles. The number of fused-ring (bicyclic) bond motifs is 1. The highest BCUT2D eigenvalue weighted by Crippen LogP contribution is 2.31. The number of anilines is 1. The van der Waals surface area contributed by atoms with Crippen LogP contribution in [-0.2, 0) is 10.3 Å². The summed E-state index contributed by atoms with van der Waals surface area (Å²) in [7, 11) is 0. The van der Waals surface area contributed by atoms with E-state index >= 15 is 0 Å². The van der Waals surface area contributed by atoms with Crippen LogP contribution in [-0.4, -0.2) is 33.8 Å². The second-order valence-electron chi connectivity index (χ2n) is 6.18. The lowest BCUT2D eigenvalue weighted by Gasteiger charge is -2.36. The van der Waals surface area contributed by atoms with Crippen LogP contribution in [0.4, 0.5) is 5.13 Å². The number of benzene rings is 1. The van der Waals surface area contributed by atoms with Gasteiger partial charge in [-0.05, 0) is 56.6 Å². The predicted octanol–water partition coefficient (Wildman–Crippen LogP) is 2.52. The summed E-state index contributed by atoms with van der Waals surface area (Å²) in [5.74, 6) is -0.0384. The minimum absolute atomic E-state index is 0.0384. The average Bonchev–Trinajstić information content (AvgIpc) is 3.24. The first kappa shape index (κ1) is 15.3. The van der Waals surface area contributed by atoms with Gasteiger partial charge in [-0.25, -0.2) is 4.98 Å². The Kier molecular flexibility index (Phi) is 3.82. The van der Waals surface area contributed by atoms with Gasteiger partial charge in [0.2, 0.25) is 0 Å². The summed E-state index contributed by atoms with van der Waals surface area (Å²) in [4.78, 5) is 17.6. The van der Waals surface area contributed by atoms with Crippen LogP contribution in [0.5, 0.6) is 0 Å². The molecular weight excluding hydrogens is 322 g/mol. The third-order valence-corrected chi connectivity index (χ3v) is 5.49. The van der Waals surface area contributed by atoms with Gasteiger partial charge in [0.25, 0.3) is 5.91 Å². The predicted molar refractivity (Wildman–Crippen MR) is 95.3 cm³/mol. The van der Waals surface area contributed by atoms with Crippen LogP contribution in [0.25, 0.3) is 10.2 Å². The quantitative estimate of drug-likeness (QED) is 0.768. The van der Waals surface area contributed by atoms with Crippen molar-refractivity contribution < 1.29 is 4.79 Å². The molecule has 1 aromatic carbocycles. The van der Waals surface area contributed by atoms with E-state index < -0.39 is 5.54 Å². The van der Waals surface area contributed by atoms with E-state index in [9.17, 15) is 4.79 Å². The Morgan fingerprint density at radius 3 is 2.96 bits per heavy atom. The molecule has 0 spiro atoms. The number of amides is 1. The van der Waals surface area contributed by atoms with E-state index in [1.807, 2.05) is 24.4 Å². The van der Waals surface area contributed by atoms with E-state index in [4.69, 9.17) is 0 Å². The number of aryl methyl sites for hydroxylation is 1. The standard InChI is InChI=1S/C17H19N5OS/c1-12-3-4-13-14(11-12)24-16(20-13)21-15(23)17(5-8-18-9-6-17)22-10-2-7-19-22/h2-4,7,10-11,18H,5-6,8-9H2,1H3,(H,20,21,23). The number of rotatable bonds is 3. The summed E-state index contributed by atoms with van der Waals surface area (Å²) in [5, 5.41) is 11.3. The smallest absolute Gasteiger partial charge is 0.254 e. The number of nitrogens with one attached hydrogen (secondary N) is 2. The maximum absolute atomic E-state index is 13.1. The van der Waals surface area contributed by atoms with E-state index in [2.05, 4.69) is 33.7 Å². The topological polar surface area (TPSA) is 71.8 Å². The van der Waals surface area contributed by atoms with Crippen molar-refractivity contribution >= 4 is 32.6 Å². The van der Waals surface area contributed by atoms with Gasteiger partial charge < -0.3 is 5.32 Å². The summed E-state index contributed by atoms with van der Waals surface area (Å²) >= 11 is 1.51. The molecule has 1 aliphatic rings. The van der Waals surface area contributed by atoms with Gasteiger partial charge in [0.15, 0.2) is 5.13 Å². The van der Waals surface area contributed by atoms with Gasteiger partial charge in [-0.15, -0.1) is 0 Å². The SMILES string of the molecule is Cc1ccc2nc(NC(=O)C3(n4cccn4)CCNCC3)sc2c1. The number of aromatic nitrogens is 3. The molecule has 124 valence electrons. The number of piperidine rings is 1. The zero-order valence-electron chi connectivity index (χ0n) is 13.5. The van der Waals surface area contributed by atoms with Gasteiger partial charge in [-0.1, -0.05) is 17.4 Å². The third-order valence-electron chi connectivity index (χ3n) is 4.56. The van der Waals surface area contributed by atoms with Crippen molar-refractivity contribution in [3.63, 3.8) is 0 Å². The lowest BCUT2D eigenvalue weighted by Crippen LogP contribution is -2.52. The summed E-state index contributed by atoms with van der Waals surface area (Å²) in [6.45, 7) is 3.65. The molecule has 24 heavy (non-hydrogen) atoms. The van der Waals surface area contributed by atoms with Crippen molar-refractivity contribution in [2.24, 2.45) is 0 Å². The second-order valence-corrected chi connectivity index (χ2v) is 7.21. The second kappa shape index (κ2) is 5.99. The minimum Gasteiger partial charge on any atom is -0.317 e. The molecule has 7 heteroatoms. The lowest BCUT2D eigenvalue weighted by molar-refractivity contribution is -0.126. The van der Waals surface area contributed by atoms with Crippen LogP contribution >= 0.6 is 11.3 Å². The summed E-state index contributed by atoms with van der Waals surface area (Å²) < 4.78 is 2.88. The van der Waals surface area contributed by atoms with Crippen molar-refractivity contribution in [2.75, 3.05) is 18.4 Å². The fourth-order valence-corrected chi connectivity index (χ4v) is 4.18. The van der Waals surface area contributed by atoms with E-state index in [0.717, 1.165) is 23.3 Å². The number of hydrogen-bond donors (Lipinski definition) is 2. The largest absolute Gasteiger partial charge is 0.317 e. The van der Waals surface area contributed by atoms with Gasteiger partial charge in [-0.3, -0.25) is 14.8 Å². The molecule has 3 aromatic rings. The van der Waals surface area contributed by atoms with Crippen molar-refractivity contribution in [1.82, 2.24) is 20.1 Å². The molecule has 1 amide bonds. The van der Waals surface area contributed by atoms with Gasteiger partial charge in [0.1, 0.15) is 5.54 Å². The Bertz CT molecular complexity index is 864. The van der Waals surface area contributed by atoms with Crippen molar-refractivity contribution in [3.8, 4) is 0 Å². The van der Waals surface area contributed by atoms with Gasteiger partial charge >= 0.3 is 0 Å². The first-order chi connectivity index (χ1) is 11.7. The molecule has 0 atom stereocenters. The van der Waals surface area contributed by atoms with Gasteiger partial charge in [0.05, 0.1) is 10.2 Å². The summed E-state index contributed by atoms with van der Waals surface area (Å²) in [6, 6.07) is 7.98. The van der Waals surface area contributed by atoms with Crippen LogP contribution in [0.3, 0.4) is 0 Å².